The van der Waals surface area contributed by atoms with Gasteiger partial charge >= 0.3 is 0 Å². The van der Waals surface area contributed by atoms with Crippen LogP contribution in [0.5, 0.6) is 0 Å². The van der Waals surface area contributed by atoms with E-state index in [9.17, 15) is 0 Å². The highest BCUT2D eigenvalue weighted by molar-refractivity contribution is 7.98. The molecule has 26 heavy (non-hydrogen) atoms. The quantitative estimate of drug-likeness (QED) is 0.410. The molecule has 0 heterocycles. The van der Waals surface area contributed by atoms with E-state index in [0.29, 0.717) is 0 Å². The second-order valence-electron chi connectivity index (χ2n) is 5.54. The fourth-order valence-electron chi connectivity index (χ4n) is 2.34. The molecule has 0 aromatic heterocycles. The average Bonchev–Trinajstić information content (AvgIpc) is 2.72. The van der Waals surface area contributed by atoms with E-state index < -0.39 is 0 Å². The van der Waals surface area contributed by atoms with Crippen molar-refractivity contribution in [2.75, 3.05) is 6.26 Å². The van der Waals surface area contributed by atoms with Crippen LogP contribution in [0.4, 0.5) is 0 Å². The van der Waals surface area contributed by atoms with Crippen molar-refractivity contribution in [1.29, 1.82) is 0 Å². The molecule has 3 rings (SSSR count). The molecule has 0 fully saturated rings. The fourth-order valence-corrected chi connectivity index (χ4v) is 2.74. The number of hydrogen-bond donors (Lipinski definition) is 0. The van der Waals surface area contributed by atoms with Gasteiger partial charge in [-0.2, -0.15) is 0 Å². The molecular weight excluding hydrogens is 332 g/mol. The van der Waals surface area contributed by atoms with Crippen LogP contribution in [0.3, 0.4) is 0 Å². The zero-order chi connectivity index (χ0) is 18.0. The lowest BCUT2D eigenvalue weighted by Gasteiger charge is -2.01. The molecule has 0 atom stereocenters. The molecule has 0 radical (unpaired) electrons. The molecule has 3 aromatic carbocycles. The second kappa shape index (κ2) is 9.38. The van der Waals surface area contributed by atoms with Gasteiger partial charge in [-0.15, -0.1) is 11.8 Å². The van der Waals surface area contributed by atoms with E-state index in [-0.39, 0.29) is 0 Å². The van der Waals surface area contributed by atoms with Crippen molar-refractivity contribution in [1.82, 2.24) is 0 Å². The van der Waals surface area contributed by atoms with Crippen molar-refractivity contribution in [2.45, 2.75) is 4.90 Å². The number of hydrogen-bond acceptors (Lipinski definition) is 1. The van der Waals surface area contributed by atoms with Gasteiger partial charge in [0.2, 0.25) is 0 Å². The van der Waals surface area contributed by atoms with Crippen molar-refractivity contribution >= 4 is 17.3 Å². The molecule has 0 nitrogen and oxygen atoms in total. The summed E-state index contributed by atoms with van der Waals surface area (Å²) >= 11 is 1.73. The van der Waals surface area contributed by atoms with Crippen LogP contribution in [-0.4, -0.2) is 6.26 Å². The van der Waals surface area contributed by atoms with E-state index in [1.807, 2.05) is 66.7 Å². The van der Waals surface area contributed by atoms with Gasteiger partial charge in [-0.05, 0) is 48.2 Å². The lowest BCUT2D eigenvalue weighted by atomic mass is 10.1. The first-order valence-corrected chi connectivity index (χ1v) is 9.56. The number of thioether (sulfide) groups is 1. The Bertz CT molecular complexity index is 990. The highest BCUT2D eigenvalue weighted by atomic mass is 32.2. The summed E-state index contributed by atoms with van der Waals surface area (Å²) in [5.41, 5.74) is 3.99. The largest absolute Gasteiger partial charge is 0.130 e. The summed E-state index contributed by atoms with van der Waals surface area (Å²) in [5, 5.41) is 0. The molecule has 0 aliphatic carbocycles. The second-order valence-corrected chi connectivity index (χ2v) is 6.42. The predicted octanol–water partition coefficient (Wildman–Crippen LogP) is 5.90. The molecule has 3 aromatic rings. The van der Waals surface area contributed by atoms with E-state index in [4.69, 9.17) is 0 Å². The van der Waals surface area contributed by atoms with E-state index in [1.165, 1.54) is 4.90 Å². The Morgan fingerprint density at radius 3 is 1.88 bits per heavy atom. The van der Waals surface area contributed by atoms with Crippen LogP contribution in [0.25, 0.3) is 5.57 Å². The third-order valence-corrected chi connectivity index (χ3v) is 4.47. The van der Waals surface area contributed by atoms with Gasteiger partial charge in [0.05, 0.1) is 0 Å². The van der Waals surface area contributed by atoms with Gasteiger partial charge in [0.1, 0.15) is 0 Å². The summed E-state index contributed by atoms with van der Waals surface area (Å²) in [6.45, 7) is 0. The van der Waals surface area contributed by atoms with Crippen LogP contribution in [0.2, 0.25) is 0 Å². The van der Waals surface area contributed by atoms with Gasteiger partial charge in [0.25, 0.3) is 0 Å². The molecular formula is C25H18S. The van der Waals surface area contributed by atoms with E-state index in [0.717, 1.165) is 22.3 Å². The molecule has 0 aliphatic heterocycles. The van der Waals surface area contributed by atoms with Crippen LogP contribution in [0.15, 0.2) is 95.9 Å². The molecule has 0 N–H and O–H groups in total. The summed E-state index contributed by atoms with van der Waals surface area (Å²) in [4.78, 5) is 1.24. The van der Waals surface area contributed by atoms with Crippen molar-refractivity contribution in [3.8, 4) is 23.7 Å². The Morgan fingerprint density at radius 2 is 1.31 bits per heavy atom. The van der Waals surface area contributed by atoms with Crippen molar-refractivity contribution in [3.63, 3.8) is 0 Å². The van der Waals surface area contributed by atoms with Crippen LogP contribution in [0.1, 0.15) is 16.7 Å². The highest BCUT2D eigenvalue weighted by Gasteiger charge is 1.98. The lowest BCUT2D eigenvalue weighted by Crippen LogP contribution is -1.82. The Balaban J connectivity index is 1.94. The van der Waals surface area contributed by atoms with E-state index in [1.54, 1.807) is 11.8 Å². The van der Waals surface area contributed by atoms with Gasteiger partial charge < -0.3 is 0 Å². The monoisotopic (exact) mass is 350 g/mol. The maximum Gasteiger partial charge on any atom is 0.0405 e. The summed E-state index contributed by atoms with van der Waals surface area (Å²) in [6, 6.07) is 28.4. The minimum absolute atomic E-state index is 0.921. The molecule has 0 spiro atoms. The van der Waals surface area contributed by atoms with Crippen LogP contribution >= 0.6 is 11.8 Å². The van der Waals surface area contributed by atoms with Gasteiger partial charge in [-0.1, -0.05) is 72.2 Å². The zero-order valence-corrected chi connectivity index (χ0v) is 15.4. The molecule has 0 saturated carbocycles. The van der Waals surface area contributed by atoms with E-state index >= 15 is 0 Å². The smallest absolute Gasteiger partial charge is 0.0405 e. The van der Waals surface area contributed by atoms with Crippen LogP contribution in [-0.2, 0) is 0 Å². The van der Waals surface area contributed by atoms with Crippen LogP contribution < -0.4 is 0 Å². The molecule has 1 heteroatoms. The first-order chi connectivity index (χ1) is 12.8. The maximum atomic E-state index is 3.28. The van der Waals surface area contributed by atoms with Gasteiger partial charge in [0.15, 0.2) is 0 Å². The summed E-state index contributed by atoms with van der Waals surface area (Å²) < 4.78 is 0. The summed E-state index contributed by atoms with van der Waals surface area (Å²) in [7, 11) is 0. The van der Waals surface area contributed by atoms with Crippen molar-refractivity contribution in [3.05, 3.63) is 108 Å². The van der Waals surface area contributed by atoms with Gasteiger partial charge in [0, 0.05) is 27.7 Å². The molecule has 0 unspecified atom stereocenters. The fraction of sp³-hybridized carbons (Fsp3) is 0.0400. The number of benzene rings is 3. The number of rotatable bonds is 2. The molecule has 0 amide bonds. The zero-order valence-electron chi connectivity index (χ0n) is 14.6. The topological polar surface area (TPSA) is 0 Å². The third kappa shape index (κ3) is 5.18. The number of allylic oxidation sites excluding steroid dienone is 2. The molecule has 0 bridgehead atoms. The minimum atomic E-state index is 0.921. The molecule has 124 valence electrons. The van der Waals surface area contributed by atoms with Gasteiger partial charge in [-0.25, -0.2) is 0 Å². The van der Waals surface area contributed by atoms with Crippen molar-refractivity contribution in [2.24, 2.45) is 0 Å². The summed E-state index contributed by atoms with van der Waals surface area (Å²) in [5.74, 6) is 12.8. The first-order valence-electron chi connectivity index (χ1n) is 8.33. The Kier molecular flexibility index (Phi) is 6.38. The Labute approximate surface area is 160 Å². The molecule has 0 aliphatic rings. The SMILES string of the molecule is CSc1ccc(/C(C#Cc2ccccc2)=C/C#Cc2ccccc2)cc1. The standard InChI is InChI=1S/C25H18S/c1-26-25-19-17-24(18-20-25)23(16-15-22-11-6-3-7-12-22)14-8-13-21-9-4-2-5-10-21/h2-7,9-12,14,17-20H,1H3/b23-14+. The van der Waals surface area contributed by atoms with Crippen molar-refractivity contribution < 1.29 is 0 Å². The lowest BCUT2D eigenvalue weighted by molar-refractivity contribution is 1.45. The maximum absolute atomic E-state index is 3.28. The third-order valence-electron chi connectivity index (χ3n) is 3.72. The highest BCUT2D eigenvalue weighted by Crippen LogP contribution is 2.19. The summed E-state index contributed by atoms with van der Waals surface area (Å²) in [6.07, 6.45) is 3.98. The van der Waals surface area contributed by atoms with Crippen LogP contribution in [0, 0.1) is 23.7 Å². The normalized spacial score (nSPS) is 10.3. The Morgan fingerprint density at radius 1 is 0.731 bits per heavy atom. The first kappa shape index (κ1) is 17.7. The van der Waals surface area contributed by atoms with E-state index in [2.05, 4.69) is 54.2 Å². The average molecular weight is 350 g/mol. The van der Waals surface area contributed by atoms with Gasteiger partial charge in [-0.3, -0.25) is 0 Å². The Hall–Kier alpha value is -3.13. The predicted molar refractivity (Wildman–Crippen MR) is 113 cm³/mol. The molecule has 0 saturated heterocycles. The minimum Gasteiger partial charge on any atom is -0.130 e.